The maximum atomic E-state index is 11.7. The Bertz CT molecular complexity index is 410. The second-order valence-electron chi connectivity index (χ2n) is 5.32. The number of carboxylic acid groups (broad SMARTS) is 2. The summed E-state index contributed by atoms with van der Waals surface area (Å²) in [6.07, 6.45) is 2.61. The highest BCUT2D eigenvalue weighted by Crippen LogP contribution is 2.29. The predicted octanol–water partition coefficient (Wildman–Crippen LogP) is -0.550. The van der Waals surface area contributed by atoms with Crippen molar-refractivity contribution in [1.29, 1.82) is 0 Å². The van der Waals surface area contributed by atoms with Gasteiger partial charge >= 0.3 is 18.0 Å². The molecular weight excluding hydrogens is 266 g/mol. The first kappa shape index (κ1) is 14.6. The predicted molar refractivity (Wildman–Crippen MR) is 68.3 cm³/mol. The molecule has 2 rings (SSSR count). The zero-order valence-electron chi connectivity index (χ0n) is 11.0. The molecule has 1 aliphatic carbocycles. The molecule has 1 saturated carbocycles. The molecule has 1 aliphatic heterocycles. The largest absolute Gasteiger partial charge is 0.481 e. The zero-order chi connectivity index (χ0) is 14.7. The summed E-state index contributed by atoms with van der Waals surface area (Å²) in [5.74, 6) is -2.62. The molecule has 8 nitrogen and oxygen atoms in total. The van der Waals surface area contributed by atoms with E-state index in [1.807, 2.05) is 0 Å². The zero-order valence-corrected chi connectivity index (χ0v) is 11.0. The van der Waals surface area contributed by atoms with E-state index >= 15 is 0 Å². The van der Waals surface area contributed by atoms with Gasteiger partial charge in [-0.2, -0.15) is 0 Å². The van der Waals surface area contributed by atoms with Crippen molar-refractivity contribution in [1.82, 2.24) is 15.5 Å². The normalized spacial score (nSPS) is 24.1. The van der Waals surface area contributed by atoms with Gasteiger partial charge in [-0.25, -0.2) is 9.59 Å². The van der Waals surface area contributed by atoms with E-state index in [9.17, 15) is 14.4 Å². The van der Waals surface area contributed by atoms with Crippen LogP contribution in [-0.2, 0) is 9.59 Å². The van der Waals surface area contributed by atoms with Gasteiger partial charge in [0.05, 0.1) is 6.42 Å². The Hall–Kier alpha value is -1.83. The smallest absolute Gasteiger partial charge is 0.326 e. The quantitative estimate of drug-likeness (QED) is 0.520. The number of hydrogen-bond acceptors (Lipinski definition) is 4. The van der Waals surface area contributed by atoms with Crippen molar-refractivity contribution in [3.8, 4) is 0 Å². The first-order valence-corrected chi connectivity index (χ1v) is 6.71. The van der Waals surface area contributed by atoms with Crippen LogP contribution in [0.5, 0.6) is 0 Å². The topological polar surface area (TPSA) is 119 Å². The molecule has 8 heteroatoms. The van der Waals surface area contributed by atoms with Crippen molar-refractivity contribution in [2.24, 2.45) is 0 Å². The average Bonchev–Trinajstić information content (AvgIpc) is 3.09. The second kappa shape index (κ2) is 6.08. The molecule has 1 saturated heterocycles. The van der Waals surface area contributed by atoms with Gasteiger partial charge in [-0.3, -0.25) is 9.69 Å². The Balaban J connectivity index is 1.76. The Labute approximate surface area is 116 Å². The lowest BCUT2D eigenvalue weighted by atomic mass is 10.2. The van der Waals surface area contributed by atoms with E-state index in [2.05, 4.69) is 15.5 Å². The molecule has 112 valence electrons. The first-order chi connectivity index (χ1) is 9.45. The van der Waals surface area contributed by atoms with Crippen LogP contribution in [0.2, 0.25) is 0 Å². The number of nitrogens with zero attached hydrogens (tertiary/aromatic N) is 1. The van der Waals surface area contributed by atoms with Gasteiger partial charge in [-0.1, -0.05) is 0 Å². The van der Waals surface area contributed by atoms with Crippen LogP contribution < -0.4 is 10.6 Å². The van der Waals surface area contributed by atoms with Crippen molar-refractivity contribution < 1.29 is 24.6 Å². The van der Waals surface area contributed by atoms with Gasteiger partial charge in [0.25, 0.3) is 0 Å². The molecule has 0 aromatic rings. The third-order valence-electron chi connectivity index (χ3n) is 3.60. The monoisotopic (exact) mass is 285 g/mol. The minimum absolute atomic E-state index is 0.00475. The molecule has 2 fully saturated rings. The third kappa shape index (κ3) is 4.09. The second-order valence-corrected chi connectivity index (χ2v) is 5.32. The van der Waals surface area contributed by atoms with E-state index in [4.69, 9.17) is 10.2 Å². The first-order valence-electron chi connectivity index (χ1n) is 6.71. The number of hydrogen-bond donors (Lipinski definition) is 4. The van der Waals surface area contributed by atoms with Gasteiger partial charge in [0.2, 0.25) is 0 Å². The van der Waals surface area contributed by atoms with Gasteiger partial charge in [-0.05, 0) is 19.3 Å². The molecule has 0 bridgehead atoms. The molecule has 2 unspecified atom stereocenters. The minimum Gasteiger partial charge on any atom is -0.481 e. The summed E-state index contributed by atoms with van der Waals surface area (Å²) in [4.78, 5) is 35.4. The summed E-state index contributed by atoms with van der Waals surface area (Å²) >= 11 is 0. The third-order valence-corrected chi connectivity index (χ3v) is 3.60. The fourth-order valence-corrected chi connectivity index (χ4v) is 2.44. The molecule has 0 aromatic heterocycles. The number of rotatable bonds is 6. The van der Waals surface area contributed by atoms with Crippen LogP contribution in [0, 0.1) is 0 Å². The van der Waals surface area contributed by atoms with Crippen LogP contribution in [-0.4, -0.2) is 64.3 Å². The van der Waals surface area contributed by atoms with E-state index in [0.717, 1.165) is 19.5 Å². The van der Waals surface area contributed by atoms with E-state index < -0.39 is 30.4 Å². The summed E-state index contributed by atoms with van der Waals surface area (Å²) in [6, 6.07) is -1.40. The molecule has 0 aromatic carbocycles. The molecule has 2 aliphatic rings. The highest BCUT2D eigenvalue weighted by molar-refractivity contribution is 5.86. The lowest BCUT2D eigenvalue weighted by Gasteiger charge is -2.18. The molecule has 2 atom stereocenters. The Morgan fingerprint density at radius 1 is 1.20 bits per heavy atom. The summed E-state index contributed by atoms with van der Waals surface area (Å²) in [6.45, 7) is 1.71. The fourth-order valence-electron chi connectivity index (χ4n) is 2.44. The van der Waals surface area contributed by atoms with Crippen LogP contribution in [0.15, 0.2) is 0 Å². The maximum absolute atomic E-state index is 11.7. The molecule has 0 spiro atoms. The summed E-state index contributed by atoms with van der Waals surface area (Å²) in [7, 11) is 0. The molecular formula is C12H19N3O5. The number of urea groups is 1. The van der Waals surface area contributed by atoms with Gasteiger partial charge in [0, 0.05) is 25.2 Å². The van der Waals surface area contributed by atoms with Crippen molar-refractivity contribution in [3.63, 3.8) is 0 Å². The number of amides is 2. The number of likely N-dealkylation sites (tertiary alicyclic amines) is 1. The Morgan fingerprint density at radius 3 is 2.45 bits per heavy atom. The van der Waals surface area contributed by atoms with E-state index in [1.54, 1.807) is 0 Å². The van der Waals surface area contributed by atoms with Crippen molar-refractivity contribution >= 4 is 18.0 Å². The summed E-state index contributed by atoms with van der Waals surface area (Å²) < 4.78 is 0. The van der Waals surface area contributed by atoms with Crippen LogP contribution in [0.25, 0.3) is 0 Å². The highest BCUT2D eigenvalue weighted by Gasteiger charge is 2.35. The van der Waals surface area contributed by atoms with Gasteiger partial charge in [0.1, 0.15) is 6.04 Å². The molecule has 1 heterocycles. The fraction of sp³-hybridized carbons (Fsp3) is 0.750. The van der Waals surface area contributed by atoms with Crippen molar-refractivity contribution in [3.05, 3.63) is 0 Å². The van der Waals surface area contributed by atoms with Crippen LogP contribution in [0.3, 0.4) is 0 Å². The SMILES string of the molecule is O=C(O)CC(NC(=O)NC1CCN(C2CC2)C1)C(=O)O. The number of carbonyl (C=O) groups is 3. The maximum Gasteiger partial charge on any atom is 0.326 e. The van der Waals surface area contributed by atoms with Crippen LogP contribution >= 0.6 is 0 Å². The van der Waals surface area contributed by atoms with E-state index in [-0.39, 0.29) is 6.04 Å². The van der Waals surface area contributed by atoms with Crippen LogP contribution in [0.4, 0.5) is 4.79 Å². The highest BCUT2D eigenvalue weighted by atomic mass is 16.4. The number of carbonyl (C=O) groups excluding carboxylic acids is 1. The van der Waals surface area contributed by atoms with Gasteiger partial charge in [-0.15, -0.1) is 0 Å². The van der Waals surface area contributed by atoms with E-state index in [0.29, 0.717) is 6.04 Å². The van der Waals surface area contributed by atoms with Crippen molar-refractivity contribution in [2.45, 2.75) is 43.8 Å². The number of aliphatic carboxylic acids is 2. The number of carboxylic acids is 2. The molecule has 20 heavy (non-hydrogen) atoms. The lowest BCUT2D eigenvalue weighted by Crippen LogP contribution is -2.50. The summed E-state index contributed by atoms with van der Waals surface area (Å²) in [5, 5.41) is 22.3. The summed E-state index contributed by atoms with van der Waals surface area (Å²) in [5.41, 5.74) is 0. The average molecular weight is 285 g/mol. The minimum atomic E-state index is -1.41. The Morgan fingerprint density at radius 2 is 1.90 bits per heavy atom. The van der Waals surface area contributed by atoms with Gasteiger partial charge in [0.15, 0.2) is 0 Å². The van der Waals surface area contributed by atoms with Crippen LogP contribution in [0.1, 0.15) is 25.7 Å². The molecule has 4 N–H and O–H groups in total. The van der Waals surface area contributed by atoms with E-state index in [1.165, 1.54) is 12.8 Å². The standard InChI is InChI=1S/C12H19N3O5/c16-10(17)5-9(11(18)19)14-12(20)13-7-3-4-15(6-7)8-1-2-8/h7-9H,1-6H2,(H,16,17)(H,18,19)(H2,13,14,20). The Kier molecular flexibility index (Phi) is 4.43. The number of nitrogens with one attached hydrogen (secondary N) is 2. The van der Waals surface area contributed by atoms with Gasteiger partial charge < -0.3 is 20.8 Å². The van der Waals surface area contributed by atoms with Crippen molar-refractivity contribution in [2.75, 3.05) is 13.1 Å². The molecule has 0 radical (unpaired) electrons. The molecule has 2 amide bonds. The lowest BCUT2D eigenvalue weighted by molar-refractivity contribution is -0.145.